The molecule has 1 heterocycles. The molecule has 24 heteroatoms. The lowest BCUT2D eigenvalue weighted by atomic mass is 9.71. The summed E-state index contributed by atoms with van der Waals surface area (Å²) in [4.78, 5) is 62.6. The lowest BCUT2D eigenvalue weighted by Gasteiger charge is -2.29. The normalized spacial score (nSPS) is 18.8. The second kappa shape index (κ2) is 28.3. The van der Waals surface area contributed by atoms with E-state index in [2.05, 4.69) is 38.7 Å². The van der Waals surface area contributed by atoms with Gasteiger partial charge in [0, 0.05) is 24.7 Å². The maximum absolute atomic E-state index is 12.3. The second-order valence-corrected chi connectivity index (χ2v) is 19.3. The number of hydrogen-bond acceptors (Lipinski definition) is 17. The average molecular weight is 901 g/mol. The first-order valence-electron chi connectivity index (χ1n) is 16.9. The van der Waals surface area contributed by atoms with E-state index in [0.717, 1.165) is 0 Å². The number of carbonyl (C=O) groups is 2. The van der Waals surface area contributed by atoms with Gasteiger partial charge >= 0.3 is 7.82 Å². The fourth-order valence-corrected chi connectivity index (χ4v) is 8.28. The Bertz CT molecular complexity index is 1520. The van der Waals surface area contributed by atoms with E-state index in [9.17, 15) is 23.9 Å². The van der Waals surface area contributed by atoms with Crippen molar-refractivity contribution in [3.8, 4) is 29.3 Å². The Labute approximate surface area is 345 Å². The van der Waals surface area contributed by atoms with Gasteiger partial charge in [0.1, 0.15) is 35.9 Å². The summed E-state index contributed by atoms with van der Waals surface area (Å²) in [5, 5.41) is 3.82. The van der Waals surface area contributed by atoms with Crippen molar-refractivity contribution < 1.29 is 66.7 Å². The van der Waals surface area contributed by atoms with Crippen LogP contribution in [0.4, 0.5) is 0 Å². The highest BCUT2D eigenvalue weighted by molar-refractivity contribution is 8.76. The van der Waals surface area contributed by atoms with Crippen LogP contribution in [0.15, 0.2) is 24.3 Å². The van der Waals surface area contributed by atoms with E-state index in [1.165, 1.54) is 57.0 Å². The van der Waals surface area contributed by atoms with E-state index in [4.69, 9.17) is 43.9 Å². The second-order valence-electron chi connectivity index (χ2n) is 11.3. The summed E-state index contributed by atoms with van der Waals surface area (Å²) >= 11 is 0. The maximum atomic E-state index is 12.3. The molecule has 6 atom stereocenters. The Morgan fingerprint density at radius 1 is 1.16 bits per heavy atom. The number of benzene rings is 1. The highest BCUT2D eigenvalue weighted by Gasteiger charge is 2.41. The molecule has 313 valence electrons. The van der Waals surface area contributed by atoms with Gasteiger partial charge in [-0.1, -0.05) is 61.1 Å². The number of amides is 2. The Morgan fingerprint density at radius 3 is 2.59 bits per heavy atom. The van der Waals surface area contributed by atoms with Crippen LogP contribution in [0.2, 0.25) is 0 Å². The first-order valence-corrected chi connectivity index (χ1v) is 24.9. The Kier molecular flexibility index (Phi) is 25.7. The van der Waals surface area contributed by atoms with Gasteiger partial charge in [0.25, 0.3) is 13.2 Å². The van der Waals surface area contributed by atoms with Crippen molar-refractivity contribution in [3.63, 3.8) is 0 Å². The third-order valence-electron chi connectivity index (χ3n) is 7.03. The molecule has 2 amide bonds. The molecular weight excluding hydrogens is 851 g/mol. The molecule has 3 unspecified atom stereocenters. The third-order valence-corrected chi connectivity index (χ3v) is 12.3. The van der Waals surface area contributed by atoms with E-state index in [1.54, 1.807) is 37.8 Å². The van der Waals surface area contributed by atoms with E-state index in [0.29, 0.717) is 30.8 Å². The summed E-state index contributed by atoms with van der Waals surface area (Å²) < 4.78 is 51.0. The molecule has 1 saturated heterocycles. The van der Waals surface area contributed by atoms with E-state index in [1.807, 2.05) is 6.26 Å². The number of rotatable bonds is 27. The molecule has 56 heavy (non-hydrogen) atoms. The summed E-state index contributed by atoms with van der Waals surface area (Å²) in [7, 11) is -0.256. The van der Waals surface area contributed by atoms with Crippen molar-refractivity contribution in [2.24, 2.45) is 5.73 Å². The van der Waals surface area contributed by atoms with Crippen LogP contribution >= 0.6 is 59.4 Å². The summed E-state index contributed by atoms with van der Waals surface area (Å²) in [5.74, 6) is 10.9. The van der Waals surface area contributed by atoms with Gasteiger partial charge in [-0.2, -0.15) is 5.82 Å². The van der Waals surface area contributed by atoms with Crippen molar-refractivity contribution in [1.82, 2.24) is 10.6 Å². The van der Waals surface area contributed by atoms with Crippen LogP contribution in [0.3, 0.4) is 0 Å². The maximum Gasteiger partial charge on any atom is 0.469 e. The van der Waals surface area contributed by atoms with Gasteiger partial charge in [0.2, 0.25) is 14.3 Å². The van der Waals surface area contributed by atoms with Gasteiger partial charge in [-0.3, -0.25) is 14.1 Å². The number of nitrogens with two attached hydrogens (primary N) is 1. The molecule has 1 aliphatic rings. The summed E-state index contributed by atoms with van der Waals surface area (Å²) in [6.07, 6.45) is 2.60. The Hall–Kier alpha value is -1.24. The summed E-state index contributed by atoms with van der Waals surface area (Å²) in [6.45, 7) is 3.58. The Morgan fingerprint density at radius 2 is 1.91 bits per heavy atom. The third kappa shape index (κ3) is 21.1. The minimum atomic E-state index is -4.74. The molecule has 0 bridgehead atoms. The molecule has 1 aromatic rings. The van der Waals surface area contributed by atoms with E-state index in [-0.39, 0.29) is 56.8 Å². The highest BCUT2D eigenvalue weighted by atomic mass is 33.1. The molecule has 0 aromatic heterocycles. The molecule has 8 N–H and O–H groups in total. The predicted octanol–water partition coefficient (Wildman–Crippen LogP) is 1.91. The van der Waals surface area contributed by atoms with Gasteiger partial charge < -0.3 is 64.4 Å². The quantitative estimate of drug-likeness (QED) is 0.0166. The fourth-order valence-electron chi connectivity index (χ4n) is 4.51. The Balaban J connectivity index is 1.80. The zero-order valence-corrected chi connectivity index (χ0v) is 36.4. The van der Waals surface area contributed by atoms with Crippen LogP contribution in [0.5, 0.6) is 5.75 Å². The van der Waals surface area contributed by atoms with Crippen LogP contribution in [0, 0.1) is 23.6 Å². The molecule has 0 spiro atoms. The SMILES string of the molecule is CC#CC(C)(OCC1O[C@@H]([B]C#CCNC(=O)COCCOC(COc2cccc(C(=O)NCCN)c2)SSC)C[C@H]1O[C@H](COP(=O)(O)O)SSC)P(O)O. The number of carbonyl (C=O) groups excluding carboxylic acids is 2. The smallest absolute Gasteiger partial charge is 0.469 e. The monoisotopic (exact) mass is 900 g/mol. The predicted molar refractivity (Wildman–Crippen MR) is 222 cm³/mol. The number of nitrogens with one attached hydrogen (secondary N) is 2. The molecule has 1 aromatic carbocycles. The average Bonchev–Trinajstić information content (AvgIpc) is 3.54. The number of ether oxygens (including phenoxy) is 6. The molecule has 1 radical (unpaired) electrons. The van der Waals surface area contributed by atoms with Crippen LogP contribution in [0.25, 0.3) is 0 Å². The van der Waals surface area contributed by atoms with Crippen molar-refractivity contribution in [2.75, 3.05) is 71.8 Å². The summed E-state index contributed by atoms with van der Waals surface area (Å²) in [6, 6.07) is 6.26. The standard InChI is InChI=1S/C32H49BN3O14P2S4/c1-5-10-32(2,51(39)40)47-19-26-25(50-30(56-54-4)22-48-52(41,42)43)18-27(49-26)33-11-7-13-35-28(37)20-44-15-16-45-29(55-53-3)21-46-24-9-6-8-23(17-24)31(38)36-14-12-34/h6,8-9,17,25-27,29-30,39-40H,12-16,18-22,34H2,1-4H3,(H,35,37)(H,36,38)(H2,41,42,43)/t25-,26?,27-,29?,30+,32?/m1/s1. The highest BCUT2D eigenvalue weighted by Crippen LogP contribution is 2.43. The van der Waals surface area contributed by atoms with Crippen molar-refractivity contribution >= 4 is 78.5 Å². The van der Waals surface area contributed by atoms with Crippen LogP contribution < -0.4 is 21.1 Å². The van der Waals surface area contributed by atoms with E-state index >= 15 is 0 Å². The fraction of sp³-hybridized carbons (Fsp3) is 0.625. The molecular formula is C32H49BN3O14P2S4. The number of hydrogen-bond donors (Lipinski definition) is 7. The van der Waals surface area contributed by atoms with E-state index < -0.39 is 51.8 Å². The first kappa shape index (κ1) is 50.9. The lowest BCUT2D eigenvalue weighted by molar-refractivity contribution is -0.126. The van der Waals surface area contributed by atoms with Crippen molar-refractivity contribution in [3.05, 3.63) is 29.8 Å². The van der Waals surface area contributed by atoms with Gasteiger partial charge in [0.15, 0.2) is 5.34 Å². The molecule has 1 aliphatic heterocycles. The number of phosphoric acid groups is 1. The van der Waals surface area contributed by atoms with Gasteiger partial charge in [-0.25, -0.2) is 4.57 Å². The van der Waals surface area contributed by atoms with Crippen LogP contribution in [-0.2, 0) is 37.6 Å². The van der Waals surface area contributed by atoms with Gasteiger partial charge in [-0.05, 0) is 51.0 Å². The largest absolute Gasteiger partial charge is 0.490 e. The molecule has 0 saturated carbocycles. The lowest BCUT2D eigenvalue weighted by Crippen LogP contribution is -2.36. The zero-order chi connectivity index (χ0) is 41.4. The minimum absolute atomic E-state index is 0.0325. The molecule has 2 rings (SSSR count). The van der Waals surface area contributed by atoms with Crippen molar-refractivity contribution in [1.29, 1.82) is 0 Å². The topological polar surface area (TPSA) is 247 Å². The van der Waals surface area contributed by atoms with Gasteiger partial charge in [-0.15, -0.1) is 5.92 Å². The molecule has 17 nitrogen and oxygen atoms in total. The molecule has 1 fully saturated rings. The van der Waals surface area contributed by atoms with Crippen LogP contribution in [-0.4, -0.2) is 145 Å². The first-order chi connectivity index (χ1) is 26.7. The summed E-state index contributed by atoms with van der Waals surface area (Å²) in [5.41, 5.74) is 4.79. The van der Waals surface area contributed by atoms with Gasteiger partial charge in [0.05, 0.1) is 39.1 Å². The number of phosphoric ester groups is 1. The van der Waals surface area contributed by atoms with Crippen LogP contribution in [0.1, 0.15) is 30.6 Å². The zero-order valence-electron chi connectivity index (χ0n) is 31.3. The van der Waals surface area contributed by atoms with Crippen molar-refractivity contribution in [2.45, 2.75) is 54.7 Å². The molecule has 0 aliphatic carbocycles. The minimum Gasteiger partial charge on any atom is -0.490 e.